The molecule has 4 heteroatoms. The molecule has 140 valence electrons. The molecule has 0 bridgehead atoms. The predicted molar refractivity (Wildman–Crippen MR) is 106 cm³/mol. The number of imidazole rings is 1. The van der Waals surface area contributed by atoms with Crippen LogP contribution in [0.2, 0.25) is 0 Å². The van der Waals surface area contributed by atoms with Crippen LogP contribution < -0.4 is 0 Å². The minimum Gasteiger partial charge on any atom is -0.337 e. The molecular weight excluding hydrogens is 322 g/mol. The highest BCUT2D eigenvalue weighted by Gasteiger charge is 2.26. The van der Waals surface area contributed by atoms with Gasteiger partial charge in [0.2, 0.25) is 0 Å². The third kappa shape index (κ3) is 3.84. The molecule has 3 rings (SSSR count). The van der Waals surface area contributed by atoms with E-state index in [2.05, 4.69) is 49.6 Å². The van der Waals surface area contributed by atoms with Gasteiger partial charge in [0.15, 0.2) is 0 Å². The fraction of sp³-hybridized carbons (Fsp3) is 0.545. The number of amides is 1. The second-order valence-electron chi connectivity index (χ2n) is 7.35. The zero-order valence-electron chi connectivity index (χ0n) is 16.4. The van der Waals surface area contributed by atoms with Gasteiger partial charge in [-0.3, -0.25) is 4.79 Å². The zero-order valence-corrected chi connectivity index (χ0v) is 16.4. The summed E-state index contributed by atoms with van der Waals surface area (Å²) >= 11 is 0. The van der Waals surface area contributed by atoms with Crippen LogP contribution >= 0.6 is 0 Å². The molecule has 26 heavy (non-hydrogen) atoms. The Morgan fingerprint density at radius 1 is 1.08 bits per heavy atom. The van der Waals surface area contributed by atoms with Crippen LogP contribution in [-0.2, 0) is 13.0 Å². The molecule has 2 heterocycles. The lowest BCUT2D eigenvalue weighted by Crippen LogP contribution is -2.33. The van der Waals surface area contributed by atoms with Gasteiger partial charge in [-0.2, -0.15) is 0 Å². The number of hydrogen-bond acceptors (Lipinski definition) is 2. The van der Waals surface area contributed by atoms with Crippen LogP contribution in [0.1, 0.15) is 67.7 Å². The van der Waals surface area contributed by atoms with E-state index in [9.17, 15) is 4.79 Å². The lowest BCUT2D eigenvalue weighted by molar-refractivity contribution is 0.0749. The zero-order chi connectivity index (χ0) is 18.5. The summed E-state index contributed by atoms with van der Waals surface area (Å²) < 4.78 is 2.31. The maximum absolute atomic E-state index is 13.3. The number of benzene rings is 1. The molecule has 1 aliphatic heterocycles. The summed E-state index contributed by atoms with van der Waals surface area (Å²) in [4.78, 5) is 20.1. The molecule has 0 N–H and O–H groups in total. The maximum Gasteiger partial charge on any atom is 0.274 e. The molecule has 0 radical (unpaired) electrons. The molecular formula is C22H31N3O. The van der Waals surface area contributed by atoms with E-state index in [-0.39, 0.29) is 5.91 Å². The van der Waals surface area contributed by atoms with Gasteiger partial charge in [-0.25, -0.2) is 4.98 Å². The first-order valence-electron chi connectivity index (χ1n) is 10.1. The summed E-state index contributed by atoms with van der Waals surface area (Å²) in [5, 5.41) is 0. The van der Waals surface area contributed by atoms with Gasteiger partial charge in [-0.1, -0.05) is 50.1 Å². The highest BCUT2D eigenvalue weighted by atomic mass is 16.2. The van der Waals surface area contributed by atoms with Crippen LogP contribution in [0, 0.1) is 6.92 Å². The number of rotatable bonds is 6. The molecule has 0 unspecified atom stereocenters. The van der Waals surface area contributed by atoms with Crippen molar-refractivity contribution in [3.8, 4) is 11.4 Å². The minimum absolute atomic E-state index is 0.109. The molecule has 2 aromatic rings. The van der Waals surface area contributed by atoms with Crippen LogP contribution in [0.3, 0.4) is 0 Å². The van der Waals surface area contributed by atoms with Crippen molar-refractivity contribution in [2.75, 3.05) is 13.1 Å². The molecule has 0 fully saturated rings. The Kier molecular flexibility index (Phi) is 6.12. The van der Waals surface area contributed by atoms with E-state index >= 15 is 0 Å². The Morgan fingerprint density at radius 3 is 2.42 bits per heavy atom. The van der Waals surface area contributed by atoms with Crippen molar-refractivity contribution in [2.24, 2.45) is 0 Å². The summed E-state index contributed by atoms with van der Waals surface area (Å²) in [6.45, 7) is 8.92. The Morgan fingerprint density at radius 2 is 1.77 bits per heavy atom. The molecule has 0 saturated heterocycles. The smallest absolute Gasteiger partial charge is 0.274 e. The highest BCUT2D eigenvalue weighted by Crippen LogP contribution is 2.28. The number of aromatic nitrogens is 2. The van der Waals surface area contributed by atoms with E-state index in [0.717, 1.165) is 68.8 Å². The second kappa shape index (κ2) is 8.52. The maximum atomic E-state index is 13.3. The van der Waals surface area contributed by atoms with E-state index in [1.165, 1.54) is 12.0 Å². The SMILES string of the molecule is CCCN(CCC)C(=O)c1nc(-c2ccc(C)cc2)n2c1CCCCC2. The number of hydrogen-bond donors (Lipinski definition) is 0. The van der Waals surface area contributed by atoms with E-state index in [0.29, 0.717) is 5.69 Å². The third-order valence-electron chi connectivity index (χ3n) is 5.15. The first kappa shape index (κ1) is 18.7. The first-order chi connectivity index (χ1) is 12.7. The van der Waals surface area contributed by atoms with Gasteiger partial charge in [0.1, 0.15) is 11.5 Å². The molecule has 1 aliphatic rings. The van der Waals surface area contributed by atoms with Gasteiger partial charge in [-0.05, 0) is 39.0 Å². The third-order valence-corrected chi connectivity index (χ3v) is 5.15. The monoisotopic (exact) mass is 353 g/mol. The standard InChI is InChI=1S/C22H31N3O/c1-4-14-24(15-5-2)22(26)20-19-9-7-6-8-16-25(19)21(23-20)18-12-10-17(3)11-13-18/h10-13H,4-9,14-16H2,1-3H3. The lowest BCUT2D eigenvalue weighted by atomic mass is 10.1. The number of carbonyl (C=O) groups is 1. The van der Waals surface area contributed by atoms with Crippen molar-refractivity contribution in [3.63, 3.8) is 0 Å². The Labute approximate surface area is 157 Å². The average Bonchev–Trinajstić information content (AvgIpc) is 2.83. The van der Waals surface area contributed by atoms with Crippen molar-refractivity contribution in [2.45, 2.75) is 65.8 Å². The molecule has 1 aromatic carbocycles. The van der Waals surface area contributed by atoms with Crippen molar-refractivity contribution in [3.05, 3.63) is 41.2 Å². The lowest BCUT2D eigenvalue weighted by Gasteiger charge is -2.21. The van der Waals surface area contributed by atoms with E-state index in [1.54, 1.807) is 0 Å². The Bertz CT molecular complexity index is 739. The molecule has 0 saturated carbocycles. The van der Waals surface area contributed by atoms with Crippen molar-refractivity contribution < 1.29 is 4.79 Å². The van der Waals surface area contributed by atoms with Crippen molar-refractivity contribution in [1.29, 1.82) is 0 Å². The van der Waals surface area contributed by atoms with Gasteiger partial charge in [0.05, 0.1) is 5.69 Å². The summed E-state index contributed by atoms with van der Waals surface area (Å²) in [5.74, 6) is 1.07. The first-order valence-corrected chi connectivity index (χ1v) is 10.1. The Balaban J connectivity index is 2.05. The molecule has 0 aliphatic carbocycles. The van der Waals surface area contributed by atoms with Crippen LogP contribution in [0.15, 0.2) is 24.3 Å². The van der Waals surface area contributed by atoms with Crippen LogP contribution in [0.5, 0.6) is 0 Å². The molecule has 1 aromatic heterocycles. The molecule has 0 spiro atoms. The molecule has 4 nitrogen and oxygen atoms in total. The van der Waals surface area contributed by atoms with E-state index in [4.69, 9.17) is 4.98 Å². The van der Waals surface area contributed by atoms with Gasteiger partial charge in [0, 0.05) is 25.2 Å². The average molecular weight is 354 g/mol. The topological polar surface area (TPSA) is 38.1 Å². The normalized spacial score (nSPS) is 14.0. The molecule has 1 amide bonds. The predicted octanol–water partition coefficient (Wildman–Crippen LogP) is 4.85. The fourth-order valence-electron chi connectivity index (χ4n) is 3.82. The van der Waals surface area contributed by atoms with Gasteiger partial charge in [0.25, 0.3) is 5.91 Å². The summed E-state index contributed by atoms with van der Waals surface area (Å²) in [7, 11) is 0. The van der Waals surface area contributed by atoms with Crippen LogP contribution in [0.4, 0.5) is 0 Å². The van der Waals surface area contributed by atoms with Gasteiger partial charge >= 0.3 is 0 Å². The van der Waals surface area contributed by atoms with Crippen molar-refractivity contribution >= 4 is 5.91 Å². The van der Waals surface area contributed by atoms with Gasteiger partial charge < -0.3 is 9.47 Å². The second-order valence-corrected chi connectivity index (χ2v) is 7.35. The largest absolute Gasteiger partial charge is 0.337 e. The number of aryl methyl sites for hydroxylation is 1. The summed E-state index contributed by atoms with van der Waals surface area (Å²) in [6, 6.07) is 8.49. The number of nitrogens with zero attached hydrogens (tertiary/aromatic N) is 3. The fourth-order valence-corrected chi connectivity index (χ4v) is 3.82. The van der Waals surface area contributed by atoms with E-state index in [1.807, 2.05) is 4.90 Å². The molecule has 0 atom stereocenters. The number of carbonyl (C=O) groups excluding carboxylic acids is 1. The van der Waals surface area contributed by atoms with Crippen molar-refractivity contribution in [1.82, 2.24) is 14.5 Å². The van der Waals surface area contributed by atoms with Crippen LogP contribution in [-0.4, -0.2) is 33.4 Å². The minimum atomic E-state index is 0.109. The van der Waals surface area contributed by atoms with Crippen LogP contribution in [0.25, 0.3) is 11.4 Å². The van der Waals surface area contributed by atoms with E-state index < -0.39 is 0 Å². The Hall–Kier alpha value is -2.10. The quantitative estimate of drug-likeness (QED) is 0.745. The summed E-state index contributed by atoms with van der Waals surface area (Å²) in [6.07, 6.45) is 6.42. The number of fused-ring (bicyclic) bond motifs is 1. The van der Waals surface area contributed by atoms with Gasteiger partial charge in [-0.15, -0.1) is 0 Å². The highest BCUT2D eigenvalue weighted by molar-refractivity contribution is 5.94. The summed E-state index contributed by atoms with van der Waals surface area (Å²) in [5.41, 5.74) is 4.17.